The zero-order chi connectivity index (χ0) is 13.1. The largest absolute Gasteiger partial charge is 0.339 e. The fraction of sp³-hybridized carbons (Fsp3) is 0.692. The first-order valence-electron chi connectivity index (χ1n) is 6.48. The molecule has 2 unspecified atom stereocenters. The summed E-state index contributed by atoms with van der Waals surface area (Å²) in [5.74, 6) is 1.51. The zero-order valence-corrected chi connectivity index (χ0v) is 11.7. The van der Waals surface area contributed by atoms with Crippen LogP contribution >= 0.6 is 0 Å². The van der Waals surface area contributed by atoms with Gasteiger partial charge in [0.15, 0.2) is 0 Å². The van der Waals surface area contributed by atoms with Gasteiger partial charge in [-0.1, -0.05) is 6.92 Å². The molecule has 1 aliphatic heterocycles. The van der Waals surface area contributed by atoms with Crippen LogP contribution in [0.15, 0.2) is 12.4 Å². The van der Waals surface area contributed by atoms with Gasteiger partial charge < -0.3 is 15.1 Å². The zero-order valence-electron chi connectivity index (χ0n) is 11.7. The lowest BCUT2D eigenvalue weighted by atomic mass is 10.1. The number of anilines is 1. The third-order valence-corrected chi connectivity index (χ3v) is 3.59. The third-order valence-electron chi connectivity index (χ3n) is 3.59. The molecule has 1 aliphatic rings. The molecule has 2 rings (SSSR count). The summed E-state index contributed by atoms with van der Waals surface area (Å²) in [6, 6.07) is 0.589. The first kappa shape index (κ1) is 13.2. The van der Waals surface area contributed by atoms with Crippen molar-refractivity contribution in [3.8, 4) is 0 Å². The molecule has 5 heteroatoms. The van der Waals surface area contributed by atoms with E-state index in [4.69, 9.17) is 0 Å². The second-order valence-electron chi connectivity index (χ2n) is 5.33. The Labute approximate surface area is 109 Å². The van der Waals surface area contributed by atoms with Gasteiger partial charge in [-0.05, 0) is 27.1 Å². The smallest absolute Gasteiger partial charge is 0.225 e. The Morgan fingerprint density at radius 3 is 2.50 bits per heavy atom. The van der Waals surface area contributed by atoms with E-state index in [1.807, 2.05) is 19.4 Å². The number of nitrogens with zero attached hydrogens (tertiary/aromatic N) is 4. The van der Waals surface area contributed by atoms with Gasteiger partial charge in [0.1, 0.15) is 0 Å². The van der Waals surface area contributed by atoms with Crippen molar-refractivity contribution in [1.82, 2.24) is 20.2 Å². The van der Waals surface area contributed by atoms with Crippen LogP contribution in [0.3, 0.4) is 0 Å². The van der Waals surface area contributed by atoms with Crippen LogP contribution in [-0.2, 0) is 6.54 Å². The minimum atomic E-state index is 0.589. The monoisotopic (exact) mass is 249 g/mol. The molecule has 1 fully saturated rings. The van der Waals surface area contributed by atoms with Gasteiger partial charge in [0.25, 0.3) is 0 Å². The van der Waals surface area contributed by atoms with Gasteiger partial charge in [0.05, 0.1) is 0 Å². The van der Waals surface area contributed by atoms with Gasteiger partial charge >= 0.3 is 0 Å². The minimum absolute atomic E-state index is 0.589. The summed E-state index contributed by atoms with van der Waals surface area (Å²) in [5, 5.41) is 3.10. The van der Waals surface area contributed by atoms with Crippen LogP contribution in [0, 0.1) is 5.92 Å². The fourth-order valence-electron chi connectivity index (χ4n) is 2.59. The Morgan fingerprint density at radius 1 is 1.33 bits per heavy atom. The molecule has 100 valence electrons. The van der Waals surface area contributed by atoms with Gasteiger partial charge in [-0.15, -0.1) is 0 Å². The number of likely N-dealkylation sites (N-methyl/N-ethyl adjacent to an activating group) is 1. The van der Waals surface area contributed by atoms with Crippen molar-refractivity contribution in [2.24, 2.45) is 5.92 Å². The molecule has 1 N–H and O–H groups in total. The Kier molecular flexibility index (Phi) is 4.14. The lowest BCUT2D eigenvalue weighted by Crippen LogP contribution is -2.34. The van der Waals surface area contributed by atoms with E-state index in [9.17, 15) is 0 Å². The summed E-state index contributed by atoms with van der Waals surface area (Å²) < 4.78 is 0. The summed E-state index contributed by atoms with van der Waals surface area (Å²) in [6.07, 6.45) is 3.82. The molecule has 18 heavy (non-hydrogen) atoms. The van der Waals surface area contributed by atoms with E-state index >= 15 is 0 Å². The number of rotatable bonds is 4. The van der Waals surface area contributed by atoms with Crippen molar-refractivity contribution < 1.29 is 0 Å². The lowest BCUT2D eigenvalue weighted by molar-refractivity contribution is 0.266. The van der Waals surface area contributed by atoms with E-state index in [0.717, 1.165) is 31.1 Å². The normalized spacial score (nSPS) is 23.9. The number of hydrogen-bond donors (Lipinski definition) is 1. The van der Waals surface area contributed by atoms with E-state index in [1.54, 1.807) is 0 Å². The summed E-state index contributed by atoms with van der Waals surface area (Å²) >= 11 is 0. The quantitative estimate of drug-likeness (QED) is 0.846. The van der Waals surface area contributed by atoms with E-state index in [1.165, 1.54) is 0 Å². The van der Waals surface area contributed by atoms with Gasteiger partial charge in [-0.2, -0.15) is 0 Å². The Hall–Kier alpha value is -1.20. The molecule has 5 nitrogen and oxygen atoms in total. The Balaban J connectivity index is 2.04. The molecular formula is C13H23N5. The standard InChI is InChI=1S/C13H23N5/c1-10-8-18(9-12(10)17(3)4)13-15-6-11(5-14-2)7-16-13/h6-7,10,12,14H,5,8-9H2,1-4H3. The molecule has 2 heterocycles. The molecule has 1 saturated heterocycles. The maximum absolute atomic E-state index is 4.46. The highest BCUT2D eigenvalue weighted by molar-refractivity contribution is 5.33. The summed E-state index contributed by atoms with van der Waals surface area (Å²) in [6.45, 7) is 5.16. The maximum atomic E-state index is 4.46. The van der Waals surface area contributed by atoms with Crippen LogP contribution in [0.2, 0.25) is 0 Å². The third kappa shape index (κ3) is 2.79. The van der Waals surface area contributed by atoms with Crippen molar-refractivity contribution in [2.75, 3.05) is 39.1 Å². The molecule has 0 aromatic carbocycles. The van der Waals surface area contributed by atoms with E-state index in [0.29, 0.717) is 12.0 Å². The molecule has 0 spiro atoms. The van der Waals surface area contributed by atoms with E-state index in [-0.39, 0.29) is 0 Å². The highest BCUT2D eigenvalue weighted by atomic mass is 15.3. The van der Waals surface area contributed by atoms with Crippen LogP contribution in [0.25, 0.3) is 0 Å². The van der Waals surface area contributed by atoms with Crippen LogP contribution in [0.1, 0.15) is 12.5 Å². The van der Waals surface area contributed by atoms with Gasteiger partial charge in [-0.3, -0.25) is 0 Å². The highest BCUT2D eigenvalue weighted by Gasteiger charge is 2.32. The summed E-state index contributed by atoms with van der Waals surface area (Å²) in [4.78, 5) is 13.5. The van der Waals surface area contributed by atoms with Crippen molar-refractivity contribution >= 4 is 5.95 Å². The van der Waals surface area contributed by atoms with E-state index < -0.39 is 0 Å². The molecular weight excluding hydrogens is 226 g/mol. The van der Waals surface area contributed by atoms with Crippen molar-refractivity contribution in [1.29, 1.82) is 0 Å². The second-order valence-corrected chi connectivity index (χ2v) is 5.33. The topological polar surface area (TPSA) is 44.3 Å². The van der Waals surface area contributed by atoms with E-state index in [2.05, 4.69) is 46.1 Å². The highest BCUT2D eigenvalue weighted by Crippen LogP contribution is 2.23. The molecule has 0 radical (unpaired) electrons. The molecule has 1 aromatic heterocycles. The first-order valence-corrected chi connectivity index (χ1v) is 6.48. The molecule has 0 aliphatic carbocycles. The molecule has 2 atom stereocenters. The van der Waals surface area contributed by atoms with Gasteiger partial charge in [0.2, 0.25) is 5.95 Å². The van der Waals surface area contributed by atoms with Crippen molar-refractivity contribution in [3.63, 3.8) is 0 Å². The molecule has 0 saturated carbocycles. The Bertz CT molecular complexity index is 375. The summed E-state index contributed by atoms with van der Waals surface area (Å²) in [5.41, 5.74) is 1.12. The Morgan fingerprint density at radius 2 is 2.00 bits per heavy atom. The number of hydrogen-bond acceptors (Lipinski definition) is 5. The summed E-state index contributed by atoms with van der Waals surface area (Å²) in [7, 11) is 6.21. The molecule has 0 amide bonds. The van der Waals surface area contributed by atoms with Crippen molar-refractivity contribution in [2.45, 2.75) is 19.5 Å². The van der Waals surface area contributed by atoms with Gasteiger partial charge in [-0.25, -0.2) is 9.97 Å². The first-order chi connectivity index (χ1) is 8.61. The predicted octanol–water partition coefficient (Wildman–Crippen LogP) is 0.582. The minimum Gasteiger partial charge on any atom is -0.339 e. The predicted molar refractivity (Wildman–Crippen MR) is 73.6 cm³/mol. The maximum Gasteiger partial charge on any atom is 0.225 e. The van der Waals surface area contributed by atoms with Crippen LogP contribution in [0.5, 0.6) is 0 Å². The fourth-order valence-corrected chi connectivity index (χ4v) is 2.59. The molecule has 0 bridgehead atoms. The lowest BCUT2D eigenvalue weighted by Gasteiger charge is -2.22. The number of nitrogens with one attached hydrogen (secondary N) is 1. The second kappa shape index (κ2) is 5.63. The van der Waals surface area contributed by atoms with Gasteiger partial charge in [0, 0.05) is 43.6 Å². The van der Waals surface area contributed by atoms with Crippen LogP contribution in [-0.4, -0.2) is 55.1 Å². The van der Waals surface area contributed by atoms with Crippen molar-refractivity contribution in [3.05, 3.63) is 18.0 Å². The van der Waals surface area contributed by atoms with Crippen LogP contribution in [0.4, 0.5) is 5.95 Å². The average molecular weight is 249 g/mol. The molecule has 1 aromatic rings. The SMILES string of the molecule is CNCc1cnc(N2CC(C)C(N(C)C)C2)nc1. The average Bonchev–Trinajstić information content (AvgIpc) is 2.73. The number of aromatic nitrogens is 2. The van der Waals surface area contributed by atoms with Crippen LogP contribution < -0.4 is 10.2 Å².